The van der Waals surface area contributed by atoms with E-state index in [1.165, 1.54) is 11.1 Å². The lowest BCUT2D eigenvalue weighted by Gasteiger charge is -2.37. The van der Waals surface area contributed by atoms with Crippen LogP contribution in [-0.4, -0.2) is 25.8 Å². The summed E-state index contributed by atoms with van der Waals surface area (Å²) in [5.74, 6) is -0.383. The molecule has 142 valence electrons. The van der Waals surface area contributed by atoms with Crippen molar-refractivity contribution in [3.05, 3.63) is 65.2 Å². The third-order valence-electron chi connectivity index (χ3n) is 5.15. The van der Waals surface area contributed by atoms with Crippen LogP contribution in [-0.2, 0) is 14.9 Å². The van der Waals surface area contributed by atoms with Crippen LogP contribution in [0.15, 0.2) is 48.5 Å². The van der Waals surface area contributed by atoms with Gasteiger partial charge in [0.2, 0.25) is 0 Å². The topological polar surface area (TPSA) is 64.6 Å². The van der Waals surface area contributed by atoms with Crippen molar-refractivity contribution in [2.45, 2.75) is 38.0 Å². The maximum absolute atomic E-state index is 12.1. The number of fused-ring (bicyclic) bond motifs is 1. The predicted molar refractivity (Wildman–Crippen MR) is 104 cm³/mol. The molecule has 0 aromatic heterocycles. The van der Waals surface area contributed by atoms with Crippen LogP contribution in [0.1, 0.15) is 54.1 Å². The number of ether oxygens (including phenoxy) is 2. The first kappa shape index (κ1) is 19.1. The molecule has 2 aromatic rings. The Kier molecular flexibility index (Phi) is 5.61. The van der Waals surface area contributed by atoms with Crippen molar-refractivity contribution >= 4 is 17.7 Å². The molecular weight excluding hydrogens is 342 g/mol. The number of methoxy groups -OCH3 is 1. The van der Waals surface area contributed by atoms with E-state index < -0.39 is 12.1 Å². The SMILES string of the molecule is COCC1CCC(C)(C)c2ccc(NC(=O)OC(=O)c3ccccc3)cc21. The quantitative estimate of drug-likeness (QED) is 0.618. The molecule has 1 atom stereocenters. The Morgan fingerprint density at radius 2 is 1.89 bits per heavy atom. The van der Waals surface area contributed by atoms with Gasteiger partial charge in [-0.2, -0.15) is 0 Å². The second kappa shape index (κ2) is 7.92. The molecule has 1 unspecified atom stereocenters. The molecule has 0 fully saturated rings. The minimum atomic E-state index is -0.790. The van der Waals surface area contributed by atoms with E-state index in [0.29, 0.717) is 23.8 Å². The molecule has 1 aliphatic carbocycles. The molecule has 0 spiro atoms. The average molecular weight is 367 g/mol. The summed E-state index contributed by atoms with van der Waals surface area (Å²) in [7, 11) is 1.70. The first-order chi connectivity index (χ1) is 12.9. The summed E-state index contributed by atoms with van der Waals surface area (Å²) in [5, 5.41) is 2.66. The molecule has 0 heterocycles. The molecule has 0 saturated carbocycles. The van der Waals surface area contributed by atoms with Crippen LogP contribution >= 0.6 is 0 Å². The van der Waals surface area contributed by atoms with Crippen LogP contribution in [0.3, 0.4) is 0 Å². The summed E-state index contributed by atoms with van der Waals surface area (Å²) in [6.45, 7) is 5.10. The number of amides is 1. The summed E-state index contributed by atoms with van der Waals surface area (Å²) in [6.07, 6.45) is 1.34. The molecule has 0 saturated heterocycles. The Morgan fingerprint density at radius 1 is 1.15 bits per heavy atom. The summed E-state index contributed by atoms with van der Waals surface area (Å²) in [4.78, 5) is 24.1. The largest absolute Gasteiger partial charge is 0.419 e. The van der Waals surface area contributed by atoms with Crippen LogP contribution in [0.2, 0.25) is 0 Å². The number of esters is 1. The van der Waals surface area contributed by atoms with E-state index in [9.17, 15) is 9.59 Å². The van der Waals surface area contributed by atoms with E-state index in [0.717, 1.165) is 12.8 Å². The summed E-state index contributed by atoms with van der Waals surface area (Å²) in [6, 6.07) is 14.3. The highest BCUT2D eigenvalue weighted by molar-refractivity contribution is 6.00. The van der Waals surface area contributed by atoms with Crippen molar-refractivity contribution in [2.24, 2.45) is 0 Å². The lowest BCUT2D eigenvalue weighted by molar-refractivity contribution is 0.0645. The number of nitrogens with one attached hydrogen (secondary N) is 1. The van der Waals surface area contributed by atoms with E-state index in [2.05, 4.69) is 19.2 Å². The first-order valence-electron chi connectivity index (χ1n) is 9.12. The van der Waals surface area contributed by atoms with Gasteiger partial charge in [0.05, 0.1) is 12.2 Å². The molecule has 0 aliphatic heterocycles. The highest BCUT2D eigenvalue weighted by Crippen LogP contribution is 2.43. The van der Waals surface area contributed by atoms with Gasteiger partial charge in [-0.3, -0.25) is 5.32 Å². The third-order valence-corrected chi connectivity index (χ3v) is 5.15. The number of carbonyl (C=O) groups excluding carboxylic acids is 2. The fourth-order valence-corrected chi connectivity index (χ4v) is 3.65. The van der Waals surface area contributed by atoms with Crippen molar-refractivity contribution in [3.8, 4) is 0 Å². The molecule has 0 bridgehead atoms. The lowest BCUT2D eigenvalue weighted by Crippen LogP contribution is -2.28. The summed E-state index contributed by atoms with van der Waals surface area (Å²) in [5.41, 5.74) is 3.48. The van der Waals surface area contributed by atoms with Crippen LogP contribution in [0.5, 0.6) is 0 Å². The Bertz CT molecular complexity index is 829. The first-order valence-corrected chi connectivity index (χ1v) is 9.12. The smallest absolute Gasteiger partial charge is 0.384 e. The van der Waals surface area contributed by atoms with Crippen LogP contribution in [0.25, 0.3) is 0 Å². The number of carbonyl (C=O) groups is 2. The van der Waals surface area contributed by atoms with Crippen molar-refractivity contribution in [1.82, 2.24) is 0 Å². The van der Waals surface area contributed by atoms with Gasteiger partial charge in [0, 0.05) is 18.7 Å². The molecule has 1 N–H and O–H groups in total. The monoisotopic (exact) mass is 367 g/mol. The normalized spacial score (nSPS) is 17.7. The number of hydrogen-bond donors (Lipinski definition) is 1. The standard InChI is InChI=1S/C22H25NO4/c1-22(2)12-11-16(14-26-3)18-13-17(9-10-19(18)22)23-21(25)27-20(24)15-7-5-4-6-8-15/h4-10,13,16H,11-12,14H2,1-3H3,(H,23,25). The maximum atomic E-state index is 12.1. The van der Waals surface area contributed by atoms with Crippen molar-refractivity contribution in [2.75, 3.05) is 19.0 Å². The molecule has 1 amide bonds. The van der Waals surface area contributed by atoms with Crippen molar-refractivity contribution in [3.63, 3.8) is 0 Å². The summed E-state index contributed by atoms with van der Waals surface area (Å²) >= 11 is 0. The maximum Gasteiger partial charge on any atom is 0.419 e. The minimum absolute atomic E-state index is 0.0852. The molecule has 1 aliphatic rings. The van der Waals surface area contributed by atoms with E-state index >= 15 is 0 Å². The second-order valence-corrected chi connectivity index (χ2v) is 7.54. The van der Waals surface area contributed by atoms with Gasteiger partial charge in [-0.05, 0) is 53.6 Å². The molecule has 5 nitrogen and oxygen atoms in total. The van der Waals surface area contributed by atoms with Gasteiger partial charge in [-0.25, -0.2) is 9.59 Å². The van der Waals surface area contributed by atoms with Gasteiger partial charge < -0.3 is 9.47 Å². The average Bonchev–Trinajstić information content (AvgIpc) is 2.65. The fourth-order valence-electron chi connectivity index (χ4n) is 3.65. The molecule has 5 heteroatoms. The van der Waals surface area contributed by atoms with E-state index in [1.54, 1.807) is 37.4 Å². The molecule has 0 radical (unpaired) electrons. The molecule has 2 aromatic carbocycles. The van der Waals surface area contributed by atoms with Crippen LogP contribution in [0, 0.1) is 0 Å². The zero-order valence-corrected chi connectivity index (χ0v) is 16.0. The Hall–Kier alpha value is -2.66. The van der Waals surface area contributed by atoms with Crippen molar-refractivity contribution in [1.29, 1.82) is 0 Å². The molecular formula is C22H25NO4. The number of anilines is 1. The van der Waals surface area contributed by atoms with Gasteiger partial charge in [-0.15, -0.1) is 0 Å². The lowest BCUT2D eigenvalue weighted by atomic mass is 9.69. The van der Waals surface area contributed by atoms with Crippen molar-refractivity contribution < 1.29 is 19.1 Å². The predicted octanol–water partition coefficient (Wildman–Crippen LogP) is 4.88. The fraction of sp³-hybridized carbons (Fsp3) is 0.364. The van der Waals surface area contributed by atoms with Gasteiger partial charge in [0.15, 0.2) is 0 Å². The van der Waals surface area contributed by atoms with Gasteiger partial charge in [0.1, 0.15) is 0 Å². The van der Waals surface area contributed by atoms with E-state index in [1.807, 2.05) is 18.2 Å². The van der Waals surface area contributed by atoms with Gasteiger partial charge >= 0.3 is 12.1 Å². The molecule has 27 heavy (non-hydrogen) atoms. The van der Waals surface area contributed by atoms with E-state index in [-0.39, 0.29) is 5.41 Å². The highest BCUT2D eigenvalue weighted by atomic mass is 16.6. The van der Waals surface area contributed by atoms with Gasteiger partial charge in [0.25, 0.3) is 0 Å². The summed E-state index contributed by atoms with van der Waals surface area (Å²) < 4.78 is 10.3. The molecule has 3 rings (SSSR count). The Morgan fingerprint density at radius 3 is 2.59 bits per heavy atom. The number of hydrogen-bond acceptors (Lipinski definition) is 4. The zero-order chi connectivity index (χ0) is 19.4. The highest BCUT2D eigenvalue weighted by Gasteiger charge is 2.32. The zero-order valence-electron chi connectivity index (χ0n) is 16.0. The Balaban J connectivity index is 1.75. The number of rotatable bonds is 4. The number of benzene rings is 2. The van der Waals surface area contributed by atoms with E-state index in [4.69, 9.17) is 9.47 Å². The third kappa shape index (κ3) is 4.37. The van der Waals surface area contributed by atoms with Crippen LogP contribution in [0.4, 0.5) is 10.5 Å². The second-order valence-electron chi connectivity index (χ2n) is 7.54. The van der Waals surface area contributed by atoms with Crippen LogP contribution < -0.4 is 5.32 Å². The Labute approximate surface area is 159 Å². The minimum Gasteiger partial charge on any atom is -0.384 e. The van der Waals surface area contributed by atoms with Gasteiger partial charge in [-0.1, -0.05) is 38.1 Å².